The molecule has 33 heavy (non-hydrogen) atoms. The van der Waals surface area contributed by atoms with E-state index in [0.717, 1.165) is 62.9 Å². The summed E-state index contributed by atoms with van der Waals surface area (Å²) in [7, 11) is 0. The van der Waals surface area contributed by atoms with Gasteiger partial charge in [0.2, 0.25) is 0 Å². The van der Waals surface area contributed by atoms with Crippen LogP contribution in [-0.2, 0) is 4.74 Å². The van der Waals surface area contributed by atoms with Crippen LogP contribution >= 0.6 is 0 Å². The van der Waals surface area contributed by atoms with E-state index in [-0.39, 0.29) is 0 Å². The molecule has 0 radical (unpaired) electrons. The number of aliphatic hydroxyl groups is 1. The van der Waals surface area contributed by atoms with Crippen LogP contribution in [0.1, 0.15) is 105 Å². The van der Waals surface area contributed by atoms with E-state index in [1.165, 1.54) is 49.7 Å². The number of fused-ring (bicyclic) bond motifs is 1. The Morgan fingerprint density at radius 3 is 2.73 bits per heavy atom. The van der Waals surface area contributed by atoms with Crippen molar-refractivity contribution >= 4 is 0 Å². The zero-order chi connectivity index (χ0) is 24.1. The fourth-order valence-corrected chi connectivity index (χ4v) is 7.13. The first-order chi connectivity index (χ1) is 15.6. The van der Waals surface area contributed by atoms with E-state index in [1.807, 2.05) is 13.8 Å². The topological polar surface area (TPSA) is 55.5 Å². The quantitative estimate of drug-likeness (QED) is 0.344. The lowest BCUT2D eigenvalue weighted by Gasteiger charge is -2.44. The highest BCUT2D eigenvalue weighted by atomic mass is 16.5. The molecule has 0 aromatic heterocycles. The van der Waals surface area contributed by atoms with Gasteiger partial charge in [0.15, 0.2) is 0 Å². The first-order valence-corrected chi connectivity index (χ1v) is 13.8. The first kappa shape index (κ1) is 26.7. The molecule has 0 amide bonds. The predicted octanol–water partition coefficient (Wildman–Crippen LogP) is 7.11. The summed E-state index contributed by atoms with van der Waals surface area (Å²) in [5.41, 5.74) is 9.91. The third kappa shape index (κ3) is 7.05. The van der Waals surface area contributed by atoms with Crippen molar-refractivity contribution in [1.29, 1.82) is 0 Å². The monoisotopic (exact) mass is 457 g/mol. The van der Waals surface area contributed by atoms with Crippen molar-refractivity contribution in [3.8, 4) is 0 Å². The number of allylic oxidation sites excluding steroid dienone is 4. The summed E-state index contributed by atoms with van der Waals surface area (Å²) >= 11 is 0. The van der Waals surface area contributed by atoms with E-state index in [2.05, 4.69) is 32.6 Å². The Labute approximate surface area is 203 Å². The molecule has 1 unspecified atom stereocenters. The number of hydrogen-bond acceptors (Lipinski definition) is 3. The van der Waals surface area contributed by atoms with Crippen LogP contribution in [0, 0.1) is 23.2 Å². The summed E-state index contributed by atoms with van der Waals surface area (Å²) in [5.74, 6) is 2.29. The Bertz CT molecular complexity index is 715. The third-order valence-corrected chi connectivity index (χ3v) is 9.04. The maximum Gasteiger partial charge on any atom is 0.0618 e. The minimum Gasteiger partial charge on any atom is -0.390 e. The molecule has 0 aromatic rings. The van der Waals surface area contributed by atoms with Crippen molar-refractivity contribution in [2.45, 2.75) is 116 Å². The molecule has 3 aliphatic rings. The Balaban J connectivity index is 1.64. The number of nitrogens with two attached hydrogens (primary N) is 1. The summed E-state index contributed by atoms with van der Waals surface area (Å²) in [4.78, 5) is 0. The molecular weight excluding hydrogens is 406 g/mol. The minimum absolute atomic E-state index is 0.323. The van der Waals surface area contributed by atoms with Gasteiger partial charge in [-0.15, -0.1) is 0 Å². The van der Waals surface area contributed by atoms with Gasteiger partial charge in [-0.1, -0.05) is 56.6 Å². The molecule has 3 N–H and O–H groups in total. The van der Waals surface area contributed by atoms with Crippen LogP contribution in [0.15, 0.2) is 35.5 Å². The lowest BCUT2D eigenvalue weighted by atomic mass is 9.60. The molecule has 0 saturated heterocycles. The highest BCUT2D eigenvalue weighted by molar-refractivity contribution is 5.36. The number of rotatable bonds is 10. The summed E-state index contributed by atoms with van der Waals surface area (Å²) < 4.78 is 6.07. The molecule has 0 aromatic carbocycles. The van der Waals surface area contributed by atoms with Crippen molar-refractivity contribution in [3.05, 3.63) is 35.5 Å². The van der Waals surface area contributed by atoms with E-state index >= 15 is 0 Å². The molecule has 3 heteroatoms. The molecule has 188 valence electrons. The van der Waals surface area contributed by atoms with Gasteiger partial charge in [0.25, 0.3) is 0 Å². The van der Waals surface area contributed by atoms with E-state index in [1.54, 1.807) is 5.57 Å². The van der Waals surface area contributed by atoms with Crippen LogP contribution in [0.2, 0.25) is 0 Å². The maximum absolute atomic E-state index is 10.1. The second kappa shape index (κ2) is 11.7. The van der Waals surface area contributed by atoms with Crippen molar-refractivity contribution in [1.82, 2.24) is 0 Å². The minimum atomic E-state index is -0.534. The second-order valence-electron chi connectivity index (χ2n) is 12.2. The Hall–Kier alpha value is -0.900. The molecule has 0 aliphatic heterocycles. The normalized spacial score (nSPS) is 34.1. The van der Waals surface area contributed by atoms with Crippen molar-refractivity contribution in [2.75, 3.05) is 13.2 Å². The fourth-order valence-electron chi connectivity index (χ4n) is 7.13. The summed E-state index contributed by atoms with van der Waals surface area (Å²) in [6.07, 6.45) is 19.2. The lowest BCUT2D eigenvalue weighted by Crippen LogP contribution is -2.36. The molecular formula is C30H51NO2. The Morgan fingerprint density at radius 1 is 1.21 bits per heavy atom. The zero-order valence-corrected chi connectivity index (χ0v) is 22.0. The highest BCUT2D eigenvalue weighted by Gasteiger charge is 2.50. The van der Waals surface area contributed by atoms with Crippen LogP contribution in [-0.4, -0.2) is 30.0 Å². The molecule has 0 spiro atoms. The summed E-state index contributed by atoms with van der Waals surface area (Å²) in [6, 6.07) is 0. The standard InChI is InChI=1S/C30H51NO2/c1-22-11-14-26(33-20-8-19-31)21-25(22)13-12-24-10-7-18-30(5)27(15-16-28(24)30)23(2)9-6-17-29(3,4)32/h12-13,23,26-28,32H,1,6-11,14-21,31H2,2-5H3/b24-12+,25-13-/t23-,26+,27?,28+,30-/m1/s1. The predicted molar refractivity (Wildman–Crippen MR) is 140 cm³/mol. The number of ether oxygens (including phenoxy) is 1. The van der Waals surface area contributed by atoms with Gasteiger partial charge in [0.05, 0.1) is 11.7 Å². The van der Waals surface area contributed by atoms with Gasteiger partial charge in [-0.05, 0) is 113 Å². The highest BCUT2D eigenvalue weighted by Crippen LogP contribution is 2.60. The van der Waals surface area contributed by atoms with Crippen LogP contribution in [0.5, 0.6) is 0 Å². The molecule has 3 aliphatic carbocycles. The number of hydrogen-bond donors (Lipinski definition) is 2. The largest absolute Gasteiger partial charge is 0.390 e. The molecule has 0 heterocycles. The average Bonchev–Trinajstić information content (AvgIpc) is 3.10. The second-order valence-corrected chi connectivity index (χ2v) is 12.2. The van der Waals surface area contributed by atoms with Crippen LogP contribution < -0.4 is 5.73 Å². The van der Waals surface area contributed by atoms with Crippen LogP contribution in [0.3, 0.4) is 0 Å². The van der Waals surface area contributed by atoms with Crippen LogP contribution in [0.25, 0.3) is 0 Å². The Kier molecular flexibility index (Phi) is 9.46. The van der Waals surface area contributed by atoms with Gasteiger partial charge in [0.1, 0.15) is 0 Å². The molecule has 0 bridgehead atoms. The van der Waals surface area contributed by atoms with E-state index in [4.69, 9.17) is 10.5 Å². The molecule has 3 saturated carbocycles. The first-order valence-electron chi connectivity index (χ1n) is 13.8. The van der Waals surface area contributed by atoms with E-state index in [0.29, 0.717) is 18.1 Å². The molecule has 3 fully saturated rings. The fraction of sp³-hybridized carbons (Fsp3) is 0.800. The molecule has 3 rings (SSSR count). The van der Waals surface area contributed by atoms with Gasteiger partial charge < -0.3 is 15.6 Å². The lowest BCUT2D eigenvalue weighted by molar-refractivity contribution is 0.0435. The molecule has 5 atom stereocenters. The zero-order valence-electron chi connectivity index (χ0n) is 22.0. The van der Waals surface area contributed by atoms with Crippen molar-refractivity contribution < 1.29 is 9.84 Å². The van der Waals surface area contributed by atoms with Crippen LogP contribution in [0.4, 0.5) is 0 Å². The van der Waals surface area contributed by atoms with Gasteiger partial charge in [-0.3, -0.25) is 0 Å². The van der Waals surface area contributed by atoms with Gasteiger partial charge in [-0.25, -0.2) is 0 Å². The van der Waals surface area contributed by atoms with Gasteiger partial charge in [0, 0.05) is 6.61 Å². The van der Waals surface area contributed by atoms with Crippen molar-refractivity contribution in [2.24, 2.45) is 28.9 Å². The van der Waals surface area contributed by atoms with E-state index in [9.17, 15) is 5.11 Å². The van der Waals surface area contributed by atoms with Gasteiger partial charge in [-0.2, -0.15) is 0 Å². The Morgan fingerprint density at radius 2 is 2.00 bits per heavy atom. The summed E-state index contributed by atoms with van der Waals surface area (Å²) in [6.45, 7) is 14.8. The molecule has 3 nitrogen and oxygen atoms in total. The third-order valence-electron chi connectivity index (χ3n) is 9.04. The smallest absolute Gasteiger partial charge is 0.0618 e. The van der Waals surface area contributed by atoms with E-state index < -0.39 is 5.60 Å². The summed E-state index contributed by atoms with van der Waals surface area (Å²) in [5, 5.41) is 10.1. The maximum atomic E-state index is 10.1. The average molecular weight is 458 g/mol. The van der Waals surface area contributed by atoms with Gasteiger partial charge >= 0.3 is 0 Å². The van der Waals surface area contributed by atoms with Crippen molar-refractivity contribution in [3.63, 3.8) is 0 Å². The SMILES string of the molecule is C=C1CC[C@H](OCCCN)C/C1=C/C=C1\CCC[C@]2(C)C([C@H](C)CCCC(C)(C)O)CC[C@@H]12.